The van der Waals surface area contributed by atoms with E-state index in [1.54, 1.807) is 24.3 Å². The Labute approximate surface area is 137 Å². The highest BCUT2D eigenvalue weighted by Gasteiger charge is 2.60. The van der Waals surface area contributed by atoms with E-state index in [1.807, 2.05) is 0 Å². The van der Waals surface area contributed by atoms with E-state index in [9.17, 15) is 19.2 Å². The van der Waals surface area contributed by atoms with Gasteiger partial charge in [-0.05, 0) is 12.1 Å². The molecule has 8 nitrogen and oxygen atoms in total. The van der Waals surface area contributed by atoms with Crippen molar-refractivity contribution in [3.8, 4) is 0 Å². The molecular weight excluding hydrogens is 316 g/mol. The number of likely N-dealkylation sites (N-methyl/N-ethyl adjacent to an activating group) is 1. The lowest BCUT2D eigenvalue weighted by Gasteiger charge is -2.46. The number of para-hydroxylation sites is 1. The molecule has 24 heavy (non-hydrogen) atoms. The Morgan fingerprint density at radius 1 is 1.25 bits per heavy atom. The van der Waals surface area contributed by atoms with Crippen LogP contribution in [-0.2, 0) is 23.9 Å². The fourth-order valence-corrected chi connectivity index (χ4v) is 3.19. The molecule has 1 saturated heterocycles. The summed E-state index contributed by atoms with van der Waals surface area (Å²) in [5, 5.41) is 0. The molecule has 1 fully saturated rings. The molecule has 126 valence electrons. The first-order valence-corrected chi connectivity index (χ1v) is 7.37. The Balaban J connectivity index is 2.05. The van der Waals surface area contributed by atoms with Crippen LogP contribution in [0.3, 0.4) is 0 Å². The molecular formula is C16H16N2O6. The summed E-state index contributed by atoms with van der Waals surface area (Å²) < 4.78 is 9.46. The predicted molar refractivity (Wildman–Crippen MR) is 81.0 cm³/mol. The maximum atomic E-state index is 12.7. The van der Waals surface area contributed by atoms with E-state index in [2.05, 4.69) is 4.74 Å². The lowest BCUT2D eigenvalue weighted by molar-refractivity contribution is -0.164. The van der Waals surface area contributed by atoms with Gasteiger partial charge in [-0.25, -0.2) is 9.59 Å². The van der Waals surface area contributed by atoms with Gasteiger partial charge >= 0.3 is 11.9 Å². The standard InChI is InChI=1S/C16H16N2O6/c1-17-14(21)10-5-3-4-6-11(10)18-12(19)7-8-16(17,18)15(22)24-9-13(20)23-2/h3-6H,7-9H2,1-2H3. The molecule has 2 heterocycles. The Morgan fingerprint density at radius 2 is 1.96 bits per heavy atom. The Hall–Kier alpha value is -2.90. The van der Waals surface area contributed by atoms with E-state index in [0.29, 0.717) is 11.3 Å². The Morgan fingerprint density at radius 3 is 2.67 bits per heavy atom. The molecule has 1 aromatic rings. The molecule has 1 atom stereocenters. The number of fused-ring (bicyclic) bond motifs is 3. The van der Waals surface area contributed by atoms with Gasteiger partial charge in [0.1, 0.15) is 0 Å². The van der Waals surface area contributed by atoms with Crippen LogP contribution in [0.1, 0.15) is 23.2 Å². The predicted octanol–water partition coefficient (Wildman–Crippen LogP) is 0.311. The second-order valence-corrected chi connectivity index (χ2v) is 5.58. The summed E-state index contributed by atoms with van der Waals surface area (Å²) in [5.74, 6) is -2.21. The van der Waals surface area contributed by atoms with Crippen molar-refractivity contribution in [2.45, 2.75) is 18.5 Å². The zero-order valence-electron chi connectivity index (χ0n) is 13.3. The quantitative estimate of drug-likeness (QED) is 0.740. The van der Waals surface area contributed by atoms with Crippen LogP contribution in [0.5, 0.6) is 0 Å². The molecule has 0 aliphatic carbocycles. The van der Waals surface area contributed by atoms with Crippen LogP contribution in [0.25, 0.3) is 0 Å². The summed E-state index contributed by atoms with van der Waals surface area (Å²) in [7, 11) is 2.62. The van der Waals surface area contributed by atoms with Gasteiger partial charge in [0, 0.05) is 19.9 Å². The SMILES string of the molecule is COC(=O)COC(=O)C12CCC(=O)N1c1ccccc1C(=O)N2C. The first-order chi connectivity index (χ1) is 11.4. The van der Waals surface area contributed by atoms with Gasteiger partial charge in [-0.15, -0.1) is 0 Å². The van der Waals surface area contributed by atoms with Crippen molar-refractivity contribution in [1.82, 2.24) is 4.90 Å². The molecule has 1 aromatic carbocycles. The van der Waals surface area contributed by atoms with Crippen molar-refractivity contribution >= 4 is 29.4 Å². The van der Waals surface area contributed by atoms with Crippen molar-refractivity contribution in [1.29, 1.82) is 0 Å². The summed E-state index contributed by atoms with van der Waals surface area (Å²) in [4.78, 5) is 51.5. The number of nitrogens with zero attached hydrogens (tertiary/aromatic N) is 2. The third-order valence-corrected chi connectivity index (χ3v) is 4.42. The number of methoxy groups -OCH3 is 1. The van der Waals surface area contributed by atoms with Gasteiger partial charge in [-0.1, -0.05) is 12.1 Å². The highest BCUT2D eigenvalue weighted by atomic mass is 16.6. The number of hydrogen-bond acceptors (Lipinski definition) is 6. The molecule has 0 spiro atoms. The zero-order chi connectivity index (χ0) is 17.5. The average Bonchev–Trinajstić information content (AvgIpc) is 2.96. The minimum absolute atomic E-state index is 0.0965. The second-order valence-electron chi connectivity index (χ2n) is 5.58. The molecule has 2 amide bonds. The monoisotopic (exact) mass is 332 g/mol. The normalized spacial score (nSPS) is 22.1. The van der Waals surface area contributed by atoms with Gasteiger partial charge in [0.05, 0.1) is 18.4 Å². The smallest absolute Gasteiger partial charge is 0.354 e. The number of anilines is 1. The molecule has 8 heteroatoms. The van der Waals surface area contributed by atoms with Crippen LogP contribution in [-0.4, -0.2) is 55.1 Å². The molecule has 0 radical (unpaired) electrons. The summed E-state index contributed by atoms with van der Waals surface area (Å²) >= 11 is 0. The highest BCUT2D eigenvalue weighted by molar-refractivity contribution is 6.15. The number of amides is 2. The summed E-state index contributed by atoms with van der Waals surface area (Å²) in [6.45, 7) is -0.581. The number of ether oxygens (including phenoxy) is 2. The van der Waals surface area contributed by atoms with Gasteiger partial charge in [0.25, 0.3) is 5.91 Å². The topological polar surface area (TPSA) is 93.2 Å². The summed E-state index contributed by atoms with van der Waals surface area (Å²) in [5.41, 5.74) is -0.860. The fourth-order valence-electron chi connectivity index (χ4n) is 3.19. The van der Waals surface area contributed by atoms with Crippen LogP contribution in [0, 0.1) is 0 Å². The van der Waals surface area contributed by atoms with E-state index in [-0.39, 0.29) is 24.7 Å². The van der Waals surface area contributed by atoms with Crippen molar-refractivity contribution in [2.75, 3.05) is 25.7 Å². The van der Waals surface area contributed by atoms with Crippen LogP contribution in [0.2, 0.25) is 0 Å². The molecule has 0 N–H and O–H groups in total. The van der Waals surface area contributed by atoms with Gasteiger partial charge in [-0.2, -0.15) is 0 Å². The van der Waals surface area contributed by atoms with Gasteiger partial charge < -0.3 is 14.4 Å². The van der Waals surface area contributed by atoms with Crippen LogP contribution in [0.4, 0.5) is 5.69 Å². The third kappa shape index (κ3) is 2.06. The van der Waals surface area contributed by atoms with Crippen molar-refractivity contribution < 1.29 is 28.7 Å². The first kappa shape index (κ1) is 16.0. The van der Waals surface area contributed by atoms with E-state index in [4.69, 9.17) is 4.74 Å². The molecule has 0 aromatic heterocycles. The molecule has 0 saturated carbocycles. The van der Waals surface area contributed by atoms with Crippen LogP contribution in [0.15, 0.2) is 24.3 Å². The van der Waals surface area contributed by atoms with Gasteiger partial charge in [0.2, 0.25) is 11.6 Å². The van der Waals surface area contributed by atoms with Gasteiger partial charge in [0.15, 0.2) is 6.61 Å². The molecule has 2 aliphatic heterocycles. The number of carbonyl (C=O) groups excluding carboxylic acids is 4. The number of carbonyl (C=O) groups is 4. The molecule has 2 aliphatic rings. The zero-order valence-corrected chi connectivity index (χ0v) is 13.3. The van der Waals surface area contributed by atoms with Crippen molar-refractivity contribution in [3.63, 3.8) is 0 Å². The Bertz CT molecular complexity index is 746. The highest BCUT2D eigenvalue weighted by Crippen LogP contribution is 2.44. The maximum absolute atomic E-state index is 12.7. The lowest BCUT2D eigenvalue weighted by Crippen LogP contribution is -2.67. The van der Waals surface area contributed by atoms with Gasteiger partial charge in [-0.3, -0.25) is 14.5 Å². The van der Waals surface area contributed by atoms with E-state index in [1.165, 1.54) is 24.0 Å². The number of benzene rings is 1. The largest absolute Gasteiger partial charge is 0.466 e. The van der Waals surface area contributed by atoms with E-state index in [0.717, 1.165) is 0 Å². The van der Waals surface area contributed by atoms with Crippen LogP contribution >= 0.6 is 0 Å². The van der Waals surface area contributed by atoms with Crippen LogP contribution < -0.4 is 4.90 Å². The van der Waals surface area contributed by atoms with E-state index >= 15 is 0 Å². The number of esters is 2. The second kappa shape index (κ2) is 5.63. The maximum Gasteiger partial charge on any atom is 0.354 e. The lowest BCUT2D eigenvalue weighted by atomic mass is 9.97. The number of hydrogen-bond donors (Lipinski definition) is 0. The van der Waals surface area contributed by atoms with Crippen molar-refractivity contribution in [3.05, 3.63) is 29.8 Å². The fraction of sp³-hybridized carbons (Fsp3) is 0.375. The van der Waals surface area contributed by atoms with E-state index < -0.39 is 24.2 Å². The van der Waals surface area contributed by atoms with Crippen molar-refractivity contribution in [2.24, 2.45) is 0 Å². The average molecular weight is 332 g/mol. The molecule has 0 bridgehead atoms. The minimum Gasteiger partial charge on any atom is -0.466 e. The first-order valence-electron chi connectivity index (χ1n) is 7.37. The minimum atomic E-state index is -1.57. The molecule has 3 rings (SSSR count). The third-order valence-electron chi connectivity index (χ3n) is 4.42. The molecule has 1 unspecified atom stereocenters. The summed E-state index contributed by atoms with van der Waals surface area (Å²) in [6.07, 6.45) is 0.196. The summed E-state index contributed by atoms with van der Waals surface area (Å²) in [6, 6.07) is 6.59. The number of rotatable bonds is 3. The Kier molecular flexibility index (Phi) is 3.75.